The summed E-state index contributed by atoms with van der Waals surface area (Å²) < 4.78 is 11.7. The van der Waals surface area contributed by atoms with E-state index in [4.69, 9.17) is 44.3 Å². The Bertz CT molecular complexity index is 999. The molecule has 2 N–H and O–H groups in total. The summed E-state index contributed by atoms with van der Waals surface area (Å²) in [5.74, 6) is 1.15. The first-order valence-electron chi connectivity index (χ1n) is 9.93. The molecule has 0 bridgehead atoms. The Kier molecular flexibility index (Phi) is 8.88. The molecule has 31 heavy (non-hydrogen) atoms. The molecule has 3 aromatic carbocycles. The molecule has 0 spiro atoms. The highest BCUT2D eigenvalue weighted by Crippen LogP contribution is 2.34. The molecule has 0 aliphatic carbocycles. The first-order valence-corrected chi connectivity index (χ1v) is 11.1. The lowest BCUT2D eigenvalue weighted by Gasteiger charge is -2.16. The van der Waals surface area contributed by atoms with Crippen LogP contribution in [0, 0.1) is 0 Å². The van der Waals surface area contributed by atoms with Gasteiger partial charge in [-0.2, -0.15) is 0 Å². The lowest BCUT2D eigenvalue weighted by molar-refractivity contribution is 0.174. The van der Waals surface area contributed by atoms with E-state index in [0.717, 1.165) is 16.7 Å². The fourth-order valence-electron chi connectivity index (χ4n) is 3.02. The first kappa shape index (κ1) is 23.7. The lowest BCUT2D eigenvalue weighted by Crippen LogP contribution is -2.21. The Morgan fingerprint density at radius 3 is 2.32 bits per heavy atom. The van der Waals surface area contributed by atoms with Crippen molar-refractivity contribution in [3.05, 3.63) is 92.4 Å². The van der Waals surface area contributed by atoms with Crippen molar-refractivity contribution in [1.82, 2.24) is 5.32 Å². The summed E-state index contributed by atoms with van der Waals surface area (Å²) in [6.45, 7) is 3.58. The van der Waals surface area contributed by atoms with E-state index in [1.807, 2.05) is 49.4 Å². The Hall–Kier alpha value is -1.95. The van der Waals surface area contributed by atoms with Crippen LogP contribution >= 0.6 is 34.8 Å². The summed E-state index contributed by atoms with van der Waals surface area (Å²) in [5.41, 5.74) is 2.60. The number of benzene rings is 3. The van der Waals surface area contributed by atoms with Crippen molar-refractivity contribution in [2.75, 3.05) is 13.2 Å². The van der Waals surface area contributed by atoms with Gasteiger partial charge in [-0.1, -0.05) is 71.2 Å². The summed E-state index contributed by atoms with van der Waals surface area (Å²) in [5, 5.41) is 15.1. The van der Waals surface area contributed by atoms with Crippen molar-refractivity contribution in [2.24, 2.45) is 0 Å². The molecule has 3 rings (SSSR count). The molecule has 0 saturated heterocycles. The minimum Gasteiger partial charge on any atom is -0.490 e. The third-order valence-electron chi connectivity index (χ3n) is 4.63. The number of rotatable bonds is 10. The van der Waals surface area contributed by atoms with Crippen molar-refractivity contribution < 1.29 is 14.6 Å². The third-order valence-corrected chi connectivity index (χ3v) is 5.72. The lowest BCUT2D eigenvalue weighted by atomic mass is 10.1. The van der Waals surface area contributed by atoms with Crippen LogP contribution in [0.4, 0.5) is 0 Å². The van der Waals surface area contributed by atoms with Crippen LogP contribution in [0.3, 0.4) is 0 Å². The van der Waals surface area contributed by atoms with Gasteiger partial charge < -0.3 is 19.9 Å². The highest BCUT2D eigenvalue weighted by Gasteiger charge is 2.13. The zero-order chi connectivity index (χ0) is 22.2. The van der Waals surface area contributed by atoms with Gasteiger partial charge in [0.25, 0.3) is 0 Å². The van der Waals surface area contributed by atoms with E-state index in [2.05, 4.69) is 5.32 Å². The minimum atomic E-state index is -0.597. The van der Waals surface area contributed by atoms with E-state index >= 15 is 0 Å². The van der Waals surface area contributed by atoms with E-state index in [0.29, 0.717) is 52.9 Å². The topological polar surface area (TPSA) is 50.7 Å². The number of halogens is 3. The van der Waals surface area contributed by atoms with E-state index in [9.17, 15) is 5.11 Å². The Morgan fingerprint density at radius 2 is 1.61 bits per heavy atom. The van der Waals surface area contributed by atoms with Crippen LogP contribution in [0.25, 0.3) is 0 Å². The molecule has 3 aromatic rings. The van der Waals surface area contributed by atoms with E-state index in [-0.39, 0.29) is 0 Å². The highest BCUT2D eigenvalue weighted by molar-refractivity contribution is 6.42. The molecule has 164 valence electrons. The van der Waals surface area contributed by atoms with Crippen molar-refractivity contribution in [2.45, 2.75) is 26.2 Å². The number of aliphatic hydroxyl groups excluding tert-OH is 1. The second kappa shape index (κ2) is 11.6. The average molecular weight is 481 g/mol. The number of aliphatic hydroxyl groups is 1. The SMILES string of the molecule is CCOc1cc(CNCC(O)c2ccccc2)c(Cl)cc1OCc1ccc(Cl)c(Cl)c1. The quantitative estimate of drug-likeness (QED) is 0.350. The summed E-state index contributed by atoms with van der Waals surface area (Å²) in [6.07, 6.45) is -0.597. The molecule has 0 radical (unpaired) electrons. The van der Waals surface area contributed by atoms with Gasteiger partial charge in [-0.3, -0.25) is 0 Å². The van der Waals surface area contributed by atoms with E-state index < -0.39 is 6.10 Å². The molecule has 4 nitrogen and oxygen atoms in total. The predicted molar refractivity (Wildman–Crippen MR) is 127 cm³/mol. The van der Waals surface area contributed by atoms with Gasteiger partial charge in [0.05, 0.1) is 22.8 Å². The van der Waals surface area contributed by atoms with Gasteiger partial charge >= 0.3 is 0 Å². The van der Waals surface area contributed by atoms with E-state index in [1.54, 1.807) is 18.2 Å². The number of hydrogen-bond acceptors (Lipinski definition) is 4. The van der Waals surface area contributed by atoms with E-state index in [1.165, 1.54) is 0 Å². The van der Waals surface area contributed by atoms with Crippen LogP contribution in [0.5, 0.6) is 11.5 Å². The number of hydrogen-bond donors (Lipinski definition) is 2. The van der Waals surface area contributed by atoms with Crippen molar-refractivity contribution in [3.8, 4) is 11.5 Å². The maximum atomic E-state index is 10.3. The normalized spacial score (nSPS) is 11.9. The van der Waals surface area contributed by atoms with Crippen molar-refractivity contribution in [3.63, 3.8) is 0 Å². The fourth-order valence-corrected chi connectivity index (χ4v) is 3.56. The van der Waals surface area contributed by atoms with Crippen LogP contribution in [-0.4, -0.2) is 18.3 Å². The third kappa shape index (κ3) is 6.76. The fraction of sp³-hybridized carbons (Fsp3) is 0.250. The maximum absolute atomic E-state index is 10.3. The van der Waals surface area contributed by atoms with Gasteiger partial charge in [0.2, 0.25) is 0 Å². The van der Waals surface area contributed by atoms with Crippen LogP contribution in [0.1, 0.15) is 29.7 Å². The molecular weight excluding hydrogens is 457 g/mol. The van der Waals surface area contributed by atoms with Crippen LogP contribution < -0.4 is 14.8 Å². The monoisotopic (exact) mass is 479 g/mol. The maximum Gasteiger partial charge on any atom is 0.163 e. The van der Waals surface area contributed by atoms with Gasteiger partial charge in [-0.15, -0.1) is 0 Å². The van der Waals surface area contributed by atoms with Gasteiger partial charge in [-0.25, -0.2) is 0 Å². The molecule has 0 aliphatic heterocycles. The smallest absolute Gasteiger partial charge is 0.163 e. The molecule has 0 aliphatic rings. The first-order chi connectivity index (χ1) is 15.0. The predicted octanol–water partition coefficient (Wildman–Crippen LogP) is 6.45. The summed E-state index contributed by atoms with van der Waals surface area (Å²) in [6, 6.07) is 18.5. The zero-order valence-corrected chi connectivity index (χ0v) is 19.3. The standard InChI is InChI=1S/C24H24Cl3NO3/c1-2-30-23-11-18(13-28-14-22(29)17-6-4-3-5-7-17)20(26)12-24(23)31-15-16-8-9-19(25)21(27)10-16/h3-12,22,28-29H,2,13-15H2,1H3. The van der Waals surface area contributed by atoms with Gasteiger partial charge in [0.15, 0.2) is 11.5 Å². The Labute approximate surface area is 197 Å². The molecule has 0 aromatic heterocycles. The molecular formula is C24H24Cl3NO3. The summed E-state index contributed by atoms with van der Waals surface area (Å²) >= 11 is 18.5. The van der Waals surface area contributed by atoms with Crippen LogP contribution in [0.15, 0.2) is 60.7 Å². The molecule has 0 fully saturated rings. The molecule has 1 atom stereocenters. The Morgan fingerprint density at radius 1 is 0.871 bits per heavy atom. The molecule has 0 saturated carbocycles. The van der Waals surface area contributed by atoms with Gasteiger partial charge in [-0.05, 0) is 41.8 Å². The largest absolute Gasteiger partial charge is 0.490 e. The zero-order valence-electron chi connectivity index (χ0n) is 17.1. The molecule has 7 heteroatoms. The van der Waals surface area contributed by atoms with Crippen molar-refractivity contribution >= 4 is 34.8 Å². The molecule has 0 heterocycles. The van der Waals surface area contributed by atoms with Gasteiger partial charge in [0, 0.05) is 24.2 Å². The summed E-state index contributed by atoms with van der Waals surface area (Å²) in [7, 11) is 0. The summed E-state index contributed by atoms with van der Waals surface area (Å²) in [4.78, 5) is 0. The molecule has 1 unspecified atom stereocenters. The number of nitrogens with one attached hydrogen (secondary N) is 1. The van der Waals surface area contributed by atoms with Crippen LogP contribution in [0.2, 0.25) is 15.1 Å². The minimum absolute atomic E-state index is 0.300. The highest BCUT2D eigenvalue weighted by atomic mass is 35.5. The molecule has 0 amide bonds. The second-order valence-corrected chi connectivity index (χ2v) is 8.14. The van der Waals surface area contributed by atoms with Crippen LogP contribution in [-0.2, 0) is 13.2 Å². The van der Waals surface area contributed by atoms with Gasteiger partial charge in [0.1, 0.15) is 6.61 Å². The van der Waals surface area contributed by atoms with Crippen molar-refractivity contribution in [1.29, 1.82) is 0 Å². The average Bonchev–Trinajstić information content (AvgIpc) is 2.77. The second-order valence-electron chi connectivity index (χ2n) is 6.92. The number of ether oxygens (including phenoxy) is 2. The Balaban J connectivity index is 1.65.